The fraction of sp³-hybridized carbons (Fsp3) is 0.0769. The standard InChI is InChI=1S/C26H18F3N/c1-17-11-12-23-20(15-17)13-14-30(23)25(18-7-3-2-4-8-18)24-21-10-6-5-9-19(21)16-22(24)26(27,28)29/h2-16H,1H3. The lowest BCUT2D eigenvalue weighted by Gasteiger charge is -2.20. The molecule has 0 atom stereocenters. The minimum absolute atomic E-state index is 0.211. The molecule has 148 valence electrons. The van der Waals surface area contributed by atoms with Crippen LogP contribution in [0.15, 0.2) is 90.6 Å². The van der Waals surface area contributed by atoms with Gasteiger partial charge in [0, 0.05) is 17.2 Å². The summed E-state index contributed by atoms with van der Waals surface area (Å²) < 4.78 is 44.3. The molecular weight excluding hydrogens is 383 g/mol. The average molecular weight is 401 g/mol. The van der Waals surface area contributed by atoms with E-state index in [1.54, 1.807) is 24.3 Å². The van der Waals surface area contributed by atoms with E-state index in [1.807, 2.05) is 72.3 Å². The second-order valence-electron chi connectivity index (χ2n) is 7.48. The maximum atomic E-state index is 14.1. The monoisotopic (exact) mass is 401 g/mol. The van der Waals surface area contributed by atoms with Crippen LogP contribution in [-0.4, -0.2) is 10.7 Å². The number of aromatic nitrogens is 1. The van der Waals surface area contributed by atoms with Crippen LogP contribution in [0.1, 0.15) is 22.3 Å². The first-order chi connectivity index (χ1) is 14.4. The van der Waals surface area contributed by atoms with Crippen LogP contribution in [0, 0.1) is 6.92 Å². The number of fused-ring (bicyclic) bond motifs is 2. The Morgan fingerprint density at radius 2 is 1.57 bits per heavy atom. The van der Waals surface area contributed by atoms with Crippen LogP contribution in [0.4, 0.5) is 13.2 Å². The number of rotatable bonds is 2. The third-order valence-electron chi connectivity index (χ3n) is 5.48. The SMILES string of the molecule is Cc1ccc2c(ccn2C(=C2C(C(F)(F)F)=Cc3ccccc32)c2ccccc2)c1. The van der Waals surface area contributed by atoms with Crippen molar-refractivity contribution in [3.05, 3.63) is 113 Å². The molecule has 0 saturated heterocycles. The summed E-state index contributed by atoms with van der Waals surface area (Å²) in [5.74, 6) is 0. The number of halogens is 3. The molecule has 30 heavy (non-hydrogen) atoms. The maximum absolute atomic E-state index is 14.1. The van der Waals surface area contributed by atoms with Gasteiger partial charge >= 0.3 is 6.18 Å². The van der Waals surface area contributed by atoms with Crippen LogP contribution in [0.3, 0.4) is 0 Å². The number of hydrogen-bond donors (Lipinski definition) is 0. The van der Waals surface area contributed by atoms with Gasteiger partial charge in [-0.15, -0.1) is 0 Å². The largest absolute Gasteiger partial charge is 0.417 e. The summed E-state index contributed by atoms with van der Waals surface area (Å²) in [5.41, 5.74) is 4.02. The smallest absolute Gasteiger partial charge is 0.315 e. The first-order valence-electron chi connectivity index (χ1n) is 9.70. The Hall–Kier alpha value is -3.53. The first-order valence-corrected chi connectivity index (χ1v) is 9.70. The molecule has 0 saturated carbocycles. The summed E-state index contributed by atoms with van der Waals surface area (Å²) in [4.78, 5) is 0. The molecule has 0 bridgehead atoms. The number of benzene rings is 3. The summed E-state index contributed by atoms with van der Waals surface area (Å²) in [7, 11) is 0. The zero-order valence-electron chi connectivity index (χ0n) is 16.2. The molecule has 1 aliphatic rings. The Bertz CT molecular complexity index is 1320. The van der Waals surface area contributed by atoms with Crippen LogP contribution in [0.25, 0.3) is 28.2 Å². The molecule has 1 heterocycles. The Morgan fingerprint density at radius 3 is 2.33 bits per heavy atom. The van der Waals surface area contributed by atoms with Crippen LogP contribution < -0.4 is 0 Å². The molecule has 0 unspecified atom stereocenters. The molecule has 0 N–H and O–H groups in total. The van der Waals surface area contributed by atoms with Crippen molar-refractivity contribution in [1.82, 2.24) is 4.57 Å². The van der Waals surface area contributed by atoms with Gasteiger partial charge in [-0.05, 0) is 47.9 Å². The lowest BCUT2D eigenvalue weighted by molar-refractivity contribution is -0.0859. The lowest BCUT2D eigenvalue weighted by Crippen LogP contribution is -2.13. The van der Waals surface area contributed by atoms with Gasteiger partial charge < -0.3 is 4.57 Å². The number of nitrogens with zero attached hydrogens (tertiary/aromatic N) is 1. The van der Waals surface area contributed by atoms with Gasteiger partial charge in [0.2, 0.25) is 0 Å². The minimum Gasteiger partial charge on any atom is -0.315 e. The highest BCUT2D eigenvalue weighted by atomic mass is 19.4. The number of alkyl halides is 3. The molecule has 0 amide bonds. The maximum Gasteiger partial charge on any atom is 0.417 e. The number of hydrogen-bond acceptors (Lipinski definition) is 0. The Balaban J connectivity index is 1.91. The van der Waals surface area contributed by atoms with Crippen molar-refractivity contribution in [2.45, 2.75) is 13.1 Å². The first kappa shape index (κ1) is 18.5. The lowest BCUT2D eigenvalue weighted by atomic mass is 9.96. The number of allylic oxidation sites excluding steroid dienone is 2. The van der Waals surface area contributed by atoms with Gasteiger partial charge in [-0.1, -0.05) is 66.2 Å². The molecule has 0 radical (unpaired) electrons. The van der Waals surface area contributed by atoms with Crippen molar-refractivity contribution in [2.24, 2.45) is 0 Å². The molecule has 1 nitrogen and oxygen atoms in total. The molecule has 4 aromatic rings. The van der Waals surface area contributed by atoms with Gasteiger partial charge in [0.1, 0.15) is 0 Å². The molecule has 5 rings (SSSR count). The fourth-order valence-corrected chi connectivity index (χ4v) is 4.16. The van der Waals surface area contributed by atoms with E-state index in [4.69, 9.17) is 0 Å². The van der Waals surface area contributed by atoms with Crippen LogP contribution in [-0.2, 0) is 0 Å². The van der Waals surface area contributed by atoms with E-state index in [2.05, 4.69) is 0 Å². The number of aryl methyl sites for hydroxylation is 1. The Kier molecular flexibility index (Phi) is 4.17. The topological polar surface area (TPSA) is 4.93 Å². The second kappa shape index (κ2) is 6.77. The van der Waals surface area contributed by atoms with E-state index in [0.717, 1.165) is 22.0 Å². The molecular formula is C26H18F3N. The summed E-state index contributed by atoms with van der Waals surface area (Å²) in [6.45, 7) is 2.01. The third-order valence-corrected chi connectivity index (χ3v) is 5.48. The van der Waals surface area contributed by atoms with Gasteiger partial charge in [-0.2, -0.15) is 13.2 Å². The molecule has 0 aliphatic heterocycles. The van der Waals surface area contributed by atoms with E-state index >= 15 is 0 Å². The minimum atomic E-state index is -4.46. The zero-order chi connectivity index (χ0) is 20.9. The quantitative estimate of drug-likeness (QED) is 0.331. The van der Waals surface area contributed by atoms with Crippen molar-refractivity contribution in [3.8, 4) is 0 Å². The van der Waals surface area contributed by atoms with Crippen LogP contribution in [0.2, 0.25) is 0 Å². The summed E-state index contributed by atoms with van der Waals surface area (Å²) in [5, 5.41) is 0.993. The van der Waals surface area contributed by atoms with Crippen LogP contribution >= 0.6 is 0 Å². The molecule has 0 fully saturated rings. The van der Waals surface area contributed by atoms with Crippen molar-refractivity contribution >= 4 is 28.2 Å². The van der Waals surface area contributed by atoms with Crippen molar-refractivity contribution in [3.63, 3.8) is 0 Å². The van der Waals surface area contributed by atoms with E-state index in [0.29, 0.717) is 16.8 Å². The predicted octanol–water partition coefficient (Wildman–Crippen LogP) is 7.33. The highest BCUT2D eigenvalue weighted by molar-refractivity contribution is 6.08. The van der Waals surface area contributed by atoms with Gasteiger partial charge in [-0.25, -0.2) is 0 Å². The van der Waals surface area contributed by atoms with Crippen molar-refractivity contribution in [2.75, 3.05) is 0 Å². The van der Waals surface area contributed by atoms with Gasteiger partial charge in [0.15, 0.2) is 0 Å². The average Bonchev–Trinajstić information content (AvgIpc) is 3.31. The van der Waals surface area contributed by atoms with Gasteiger partial charge in [0.25, 0.3) is 0 Å². The van der Waals surface area contributed by atoms with Crippen LogP contribution in [0.5, 0.6) is 0 Å². The Labute approximate surface area is 172 Å². The summed E-state index contributed by atoms with van der Waals surface area (Å²) >= 11 is 0. The van der Waals surface area contributed by atoms with E-state index in [9.17, 15) is 13.2 Å². The highest BCUT2D eigenvalue weighted by Crippen LogP contribution is 2.48. The summed E-state index contributed by atoms with van der Waals surface area (Å²) in [6.07, 6.45) is -1.36. The molecule has 1 aromatic heterocycles. The predicted molar refractivity (Wildman–Crippen MR) is 116 cm³/mol. The van der Waals surface area contributed by atoms with E-state index in [1.165, 1.54) is 6.08 Å². The molecule has 3 aromatic carbocycles. The van der Waals surface area contributed by atoms with E-state index in [-0.39, 0.29) is 5.57 Å². The normalized spacial score (nSPS) is 15.3. The molecule has 1 aliphatic carbocycles. The molecule has 0 spiro atoms. The zero-order valence-corrected chi connectivity index (χ0v) is 16.2. The van der Waals surface area contributed by atoms with Crippen molar-refractivity contribution in [1.29, 1.82) is 0 Å². The third kappa shape index (κ3) is 2.96. The van der Waals surface area contributed by atoms with Gasteiger partial charge in [-0.3, -0.25) is 0 Å². The highest BCUT2D eigenvalue weighted by Gasteiger charge is 2.41. The van der Waals surface area contributed by atoms with E-state index < -0.39 is 11.7 Å². The molecule has 4 heteroatoms. The summed E-state index contributed by atoms with van der Waals surface area (Å²) in [6, 6.07) is 24.3. The second-order valence-corrected chi connectivity index (χ2v) is 7.48. The van der Waals surface area contributed by atoms with Gasteiger partial charge in [0.05, 0.1) is 16.8 Å². The van der Waals surface area contributed by atoms with Crippen molar-refractivity contribution < 1.29 is 13.2 Å². The Morgan fingerprint density at radius 1 is 0.833 bits per heavy atom. The fourth-order valence-electron chi connectivity index (χ4n) is 4.16.